The summed E-state index contributed by atoms with van der Waals surface area (Å²) in [5.41, 5.74) is 8.22. The Morgan fingerprint density at radius 1 is 1.53 bits per heavy atom. The van der Waals surface area contributed by atoms with Gasteiger partial charge in [-0.15, -0.1) is 0 Å². The Hall–Kier alpha value is -1.88. The van der Waals surface area contributed by atoms with Gasteiger partial charge in [0.15, 0.2) is 0 Å². The fourth-order valence-electron chi connectivity index (χ4n) is 2.69. The van der Waals surface area contributed by atoms with Gasteiger partial charge in [0.25, 0.3) is 5.91 Å². The molecule has 2 heterocycles. The van der Waals surface area contributed by atoms with E-state index in [2.05, 4.69) is 9.97 Å². The van der Waals surface area contributed by atoms with Crippen LogP contribution in [0.3, 0.4) is 0 Å². The van der Waals surface area contributed by atoms with Gasteiger partial charge in [-0.05, 0) is 43.5 Å². The van der Waals surface area contributed by atoms with Crippen molar-refractivity contribution in [1.29, 1.82) is 0 Å². The minimum atomic E-state index is 0.0923. The zero-order valence-electron chi connectivity index (χ0n) is 10.8. The van der Waals surface area contributed by atoms with Crippen molar-refractivity contribution in [3.05, 3.63) is 30.1 Å². The summed E-state index contributed by atoms with van der Waals surface area (Å²) in [6.07, 6.45) is 3.81. The van der Waals surface area contributed by atoms with Gasteiger partial charge in [-0.25, -0.2) is 4.98 Å². The smallest absolute Gasteiger partial charge is 0.253 e. The van der Waals surface area contributed by atoms with Crippen LogP contribution >= 0.6 is 0 Å². The lowest BCUT2D eigenvalue weighted by Crippen LogP contribution is -2.42. The molecule has 100 valence electrons. The van der Waals surface area contributed by atoms with Crippen molar-refractivity contribution in [3.8, 4) is 0 Å². The summed E-state index contributed by atoms with van der Waals surface area (Å²) < 4.78 is 0. The predicted molar refractivity (Wildman–Crippen MR) is 73.8 cm³/mol. The summed E-state index contributed by atoms with van der Waals surface area (Å²) in [4.78, 5) is 21.6. The van der Waals surface area contributed by atoms with Gasteiger partial charge in [0.2, 0.25) is 0 Å². The summed E-state index contributed by atoms with van der Waals surface area (Å²) in [5.74, 6) is 0.531. The minimum absolute atomic E-state index is 0.0923. The summed E-state index contributed by atoms with van der Waals surface area (Å²) in [7, 11) is 0. The molecule has 1 aliphatic rings. The maximum Gasteiger partial charge on any atom is 0.253 e. The first kappa shape index (κ1) is 12.2. The second-order valence-corrected chi connectivity index (χ2v) is 5.13. The van der Waals surface area contributed by atoms with Crippen molar-refractivity contribution in [2.24, 2.45) is 11.7 Å². The quantitative estimate of drug-likeness (QED) is 0.854. The highest BCUT2D eigenvalue weighted by atomic mass is 16.2. The number of hydrogen-bond donors (Lipinski definition) is 2. The number of fused-ring (bicyclic) bond motifs is 1. The van der Waals surface area contributed by atoms with Gasteiger partial charge in [-0.2, -0.15) is 0 Å². The molecule has 0 radical (unpaired) electrons. The lowest BCUT2D eigenvalue weighted by molar-refractivity contribution is 0.0678. The largest absolute Gasteiger partial charge is 0.345 e. The lowest BCUT2D eigenvalue weighted by Gasteiger charge is -2.32. The molecule has 0 saturated carbocycles. The van der Waals surface area contributed by atoms with Crippen LogP contribution in [0, 0.1) is 5.92 Å². The molecule has 5 nitrogen and oxygen atoms in total. The molecule has 1 fully saturated rings. The van der Waals surface area contributed by atoms with Gasteiger partial charge >= 0.3 is 0 Å². The van der Waals surface area contributed by atoms with Crippen molar-refractivity contribution >= 4 is 16.9 Å². The third-order valence-electron chi connectivity index (χ3n) is 3.81. The highest BCUT2D eigenvalue weighted by Gasteiger charge is 2.23. The number of amides is 1. The van der Waals surface area contributed by atoms with Crippen LogP contribution in [-0.4, -0.2) is 40.4 Å². The third-order valence-corrected chi connectivity index (χ3v) is 3.81. The number of nitrogens with zero attached hydrogens (tertiary/aromatic N) is 2. The van der Waals surface area contributed by atoms with E-state index in [0.717, 1.165) is 42.5 Å². The topological polar surface area (TPSA) is 75.0 Å². The Morgan fingerprint density at radius 3 is 3.26 bits per heavy atom. The Labute approximate surface area is 111 Å². The number of hydrogen-bond acceptors (Lipinski definition) is 3. The molecule has 1 atom stereocenters. The van der Waals surface area contributed by atoms with E-state index in [1.165, 1.54) is 0 Å². The van der Waals surface area contributed by atoms with Gasteiger partial charge in [-0.1, -0.05) is 0 Å². The molecule has 1 aliphatic heterocycles. The van der Waals surface area contributed by atoms with Gasteiger partial charge in [-0.3, -0.25) is 4.79 Å². The number of aromatic amines is 1. The maximum absolute atomic E-state index is 12.5. The van der Waals surface area contributed by atoms with E-state index in [4.69, 9.17) is 5.73 Å². The van der Waals surface area contributed by atoms with Crippen LogP contribution in [0.5, 0.6) is 0 Å². The van der Waals surface area contributed by atoms with Crippen LogP contribution < -0.4 is 5.73 Å². The molecule has 3 rings (SSSR count). The van der Waals surface area contributed by atoms with E-state index < -0.39 is 0 Å². The van der Waals surface area contributed by atoms with Crippen LogP contribution in [-0.2, 0) is 0 Å². The Balaban J connectivity index is 1.82. The highest BCUT2D eigenvalue weighted by molar-refractivity contribution is 5.97. The van der Waals surface area contributed by atoms with Gasteiger partial charge < -0.3 is 15.6 Å². The first-order valence-electron chi connectivity index (χ1n) is 6.70. The first-order valence-corrected chi connectivity index (χ1v) is 6.70. The molecule has 1 aromatic carbocycles. The van der Waals surface area contributed by atoms with E-state index >= 15 is 0 Å². The van der Waals surface area contributed by atoms with Crippen LogP contribution in [0.4, 0.5) is 0 Å². The molecule has 19 heavy (non-hydrogen) atoms. The van der Waals surface area contributed by atoms with E-state index in [-0.39, 0.29) is 5.91 Å². The first-order chi connectivity index (χ1) is 9.28. The lowest BCUT2D eigenvalue weighted by atomic mass is 9.97. The summed E-state index contributed by atoms with van der Waals surface area (Å²) in [5, 5.41) is 0. The van der Waals surface area contributed by atoms with Crippen molar-refractivity contribution in [1.82, 2.24) is 14.9 Å². The standard InChI is InChI=1S/C14H18N4O/c15-7-10-2-1-5-18(8-10)14(19)11-3-4-12-13(6-11)17-9-16-12/h3-4,6,9-10H,1-2,5,7-8,15H2,(H,16,17). The third kappa shape index (κ3) is 2.33. The van der Waals surface area contributed by atoms with Crippen LogP contribution in [0.25, 0.3) is 11.0 Å². The van der Waals surface area contributed by atoms with Gasteiger partial charge in [0.1, 0.15) is 0 Å². The van der Waals surface area contributed by atoms with Crippen molar-refractivity contribution in [2.75, 3.05) is 19.6 Å². The maximum atomic E-state index is 12.5. The number of likely N-dealkylation sites (tertiary alicyclic amines) is 1. The number of piperidine rings is 1. The summed E-state index contributed by atoms with van der Waals surface area (Å²) in [6.45, 7) is 2.26. The highest BCUT2D eigenvalue weighted by Crippen LogP contribution is 2.19. The number of nitrogens with two attached hydrogens (primary N) is 1. The second-order valence-electron chi connectivity index (χ2n) is 5.13. The molecule has 1 amide bonds. The fourth-order valence-corrected chi connectivity index (χ4v) is 2.69. The van der Waals surface area contributed by atoms with E-state index in [1.807, 2.05) is 23.1 Å². The molecular weight excluding hydrogens is 240 g/mol. The number of nitrogens with one attached hydrogen (secondary N) is 1. The summed E-state index contributed by atoms with van der Waals surface area (Å²) in [6, 6.07) is 5.59. The number of carbonyl (C=O) groups is 1. The number of benzene rings is 1. The molecule has 1 unspecified atom stereocenters. The Kier molecular flexibility index (Phi) is 3.21. The molecule has 0 aliphatic carbocycles. The summed E-state index contributed by atoms with van der Waals surface area (Å²) >= 11 is 0. The fraction of sp³-hybridized carbons (Fsp3) is 0.429. The average Bonchev–Trinajstić information content (AvgIpc) is 2.94. The molecule has 1 saturated heterocycles. The van der Waals surface area contributed by atoms with Gasteiger partial charge in [0, 0.05) is 18.7 Å². The molecule has 3 N–H and O–H groups in total. The number of imidazole rings is 1. The van der Waals surface area contributed by atoms with E-state index in [9.17, 15) is 4.79 Å². The number of aromatic nitrogens is 2. The van der Waals surface area contributed by atoms with Crippen molar-refractivity contribution < 1.29 is 4.79 Å². The van der Waals surface area contributed by atoms with Crippen molar-refractivity contribution in [2.45, 2.75) is 12.8 Å². The van der Waals surface area contributed by atoms with E-state index in [1.54, 1.807) is 6.33 Å². The molecule has 0 bridgehead atoms. The Morgan fingerprint density at radius 2 is 2.42 bits per heavy atom. The number of H-pyrrole nitrogens is 1. The molecule has 1 aromatic heterocycles. The minimum Gasteiger partial charge on any atom is -0.345 e. The Bertz CT molecular complexity index is 592. The SMILES string of the molecule is NCC1CCCN(C(=O)c2ccc3nc[nH]c3c2)C1. The van der Waals surface area contributed by atoms with Gasteiger partial charge in [0.05, 0.1) is 17.4 Å². The van der Waals surface area contributed by atoms with Crippen LogP contribution in [0.1, 0.15) is 23.2 Å². The van der Waals surface area contributed by atoms with Crippen LogP contribution in [0.2, 0.25) is 0 Å². The average molecular weight is 258 g/mol. The monoisotopic (exact) mass is 258 g/mol. The predicted octanol–water partition coefficient (Wildman–Crippen LogP) is 1.37. The molecule has 5 heteroatoms. The zero-order chi connectivity index (χ0) is 13.2. The number of carbonyl (C=O) groups excluding carboxylic acids is 1. The molecule has 0 spiro atoms. The molecule has 2 aromatic rings. The van der Waals surface area contributed by atoms with E-state index in [0.29, 0.717) is 12.5 Å². The second kappa shape index (κ2) is 5.01. The molecular formula is C14H18N4O. The number of rotatable bonds is 2. The van der Waals surface area contributed by atoms with Crippen LogP contribution in [0.15, 0.2) is 24.5 Å². The van der Waals surface area contributed by atoms with Crippen molar-refractivity contribution in [3.63, 3.8) is 0 Å². The normalized spacial score (nSPS) is 19.8. The zero-order valence-corrected chi connectivity index (χ0v) is 10.8.